The van der Waals surface area contributed by atoms with Gasteiger partial charge in [0, 0.05) is 57.8 Å². The van der Waals surface area contributed by atoms with E-state index in [1.807, 2.05) is 0 Å². The predicted molar refractivity (Wildman–Crippen MR) is 140 cm³/mol. The third kappa shape index (κ3) is 21.4. The Bertz CT molecular complexity index is 776. The quantitative estimate of drug-likeness (QED) is 0.134. The van der Waals surface area contributed by atoms with Crippen LogP contribution in [-0.4, -0.2) is 78.6 Å². The van der Waals surface area contributed by atoms with Crippen molar-refractivity contribution in [1.82, 2.24) is 15.1 Å². The lowest BCUT2D eigenvalue weighted by molar-refractivity contribution is -0.137. The van der Waals surface area contributed by atoms with Crippen LogP contribution in [0.4, 0.5) is 0 Å². The van der Waals surface area contributed by atoms with Crippen LogP contribution in [0.15, 0.2) is 24.3 Å². The van der Waals surface area contributed by atoms with Crippen molar-refractivity contribution in [3.05, 3.63) is 24.3 Å². The molecule has 11 heteroatoms. The van der Waals surface area contributed by atoms with Crippen molar-refractivity contribution in [2.75, 3.05) is 26.7 Å². The summed E-state index contributed by atoms with van der Waals surface area (Å²) < 4.78 is 0. The number of primary amides is 1. The molecule has 3 N–H and O–H groups in total. The van der Waals surface area contributed by atoms with E-state index in [4.69, 9.17) is 4.79 Å². The van der Waals surface area contributed by atoms with Gasteiger partial charge in [-0.05, 0) is 32.3 Å². The molecule has 0 aromatic carbocycles. The second-order valence-corrected chi connectivity index (χ2v) is 8.23. The molecular weight excluding hydrogens is 480 g/mol. The fraction of sp³-hybridized carbons (Fsp3) is 0.577. The molecule has 1 aliphatic heterocycles. The fourth-order valence-electron chi connectivity index (χ4n) is 2.98. The van der Waals surface area contributed by atoms with Gasteiger partial charge in [-0.3, -0.25) is 38.5 Å². The van der Waals surface area contributed by atoms with E-state index in [9.17, 15) is 28.8 Å². The molecule has 0 saturated carbocycles. The van der Waals surface area contributed by atoms with Crippen LogP contribution in [0.1, 0.15) is 71.6 Å². The summed E-state index contributed by atoms with van der Waals surface area (Å²) in [5, 5.41) is 2.69. The maximum atomic E-state index is 11.4. The standard InChI is InChI=1S/C15H24N2O4.C10H15NO2.CH3NO/c1-13(19)9-10-16-14(20)7-4-3-5-11-17(2)15(21)8-6-12-18;1-2-3-4-5-8-11-9(12)6-7-10(11)13;2-1-3/h6,8,12H,3-5,7,9-11H2,1-2H3,(H,16,20);6-7H,2-5,8H2,1H3;1H,(H2,2,3)/b8-6-;;. The Morgan fingerprint density at radius 2 is 1.57 bits per heavy atom. The average molecular weight is 523 g/mol. The van der Waals surface area contributed by atoms with E-state index in [2.05, 4.69) is 18.0 Å². The smallest absolute Gasteiger partial charge is 0.253 e. The molecule has 0 atom stereocenters. The zero-order valence-corrected chi connectivity index (χ0v) is 22.3. The molecule has 0 bridgehead atoms. The van der Waals surface area contributed by atoms with Crippen molar-refractivity contribution < 1.29 is 33.6 Å². The fourth-order valence-corrected chi connectivity index (χ4v) is 2.98. The number of nitrogens with zero attached hydrogens (tertiary/aromatic N) is 2. The highest BCUT2D eigenvalue weighted by Gasteiger charge is 2.21. The number of unbranched alkanes of at least 4 members (excludes halogenated alkanes) is 5. The Kier molecular flexibility index (Phi) is 23.1. The van der Waals surface area contributed by atoms with E-state index >= 15 is 0 Å². The van der Waals surface area contributed by atoms with Crippen LogP contribution < -0.4 is 11.1 Å². The van der Waals surface area contributed by atoms with E-state index in [0.717, 1.165) is 32.1 Å². The number of amides is 5. The third-order valence-electron chi connectivity index (χ3n) is 5.03. The molecule has 0 spiro atoms. The van der Waals surface area contributed by atoms with Crippen LogP contribution in [0, 0.1) is 0 Å². The number of hydrogen-bond donors (Lipinski definition) is 2. The van der Waals surface area contributed by atoms with Crippen LogP contribution in [0.5, 0.6) is 0 Å². The molecule has 5 amide bonds. The van der Waals surface area contributed by atoms with Gasteiger partial charge in [0.05, 0.1) is 0 Å². The van der Waals surface area contributed by atoms with Crippen LogP contribution in [-0.2, 0) is 33.6 Å². The number of carbonyl (C=O) groups is 7. The SMILES string of the molecule is CC(=O)CCNC(=O)CCCCCN(C)C(=O)/C=C\C=O.CCCCCCN1C(=O)C=CC1=O.NC=O. The van der Waals surface area contributed by atoms with Crippen LogP contribution in [0.2, 0.25) is 0 Å². The number of carbonyl (C=O) groups excluding carboxylic acids is 7. The molecule has 208 valence electrons. The van der Waals surface area contributed by atoms with E-state index in [1.165, 1.54) is 53.9 Å². The zero-order valence-electron chi connectivity index (χ0n) is 22.3. The lowest BCUT2D eigenvalue weighted by atomic mass is 10.2. The van der Waals surface area contributed by atoms with E-state index in [1.54, 1.807) is 7.05 Å². The topological polar surface area (TPSA) is 164 Å². The minimum atomic E-state index is -0.205. The molecule has 0 unspecified atom stereocenters. The maximum absolute atomic E-state index is 11.4. The van der Waals surface area contributed by atoms with Gasteiger partial charge in [-0.2, -0.15) is 0 Å². The Labute approximate surface area is 219 Å². The molecule has 1 heterocycles. The van der Waals surface area contributed by atoms with Gasteiger partial charge in [-0.25, -0.2) is 0 Å². The Morgan fingerprint density at radius 1 is 0.973 bits per heavy atom. The summed E-state index contributed by atoms with van der Waals surface area (Å²) in [4.78, 5) is 77.2. The van der Waals surface area contributed by atoms with Gasteiger partial charge in [-0.1, -0.05) is 32.6 Å². The second kappa shape index (κ2) is 24.1. The summed E-state index contributed by atoms with van der Waals surface area (Å²) in [6.07, 6.45) is 13.4. The van der Waals surface area contributed by atoms with Crippen LogP contribution in [0.25, 0.3) is 0 Å². The first-order valence-corrected chi connectivity index (χ1v) is 12.5. The van der Waals surface area contributed by atoms with Crippen molar-refractivity contribution in [2.24, 2.45) is 5.73 Å². The molecule has 0 saturated heterocycles. The first-order chi connectivity index (χ1) is 17.6. The van der Waals surface area contributed by atoms with Gasteiger partial charge in [0.1, 0.15) is 12.1 Å². The van der Waals surface area contributed by atoms with Gasteiger partial charge < -0.3 is 16.0 Å². The average Bonchev–Trinajstić information content (AvgIpc) is 3.17. The molecule has 0 radical (unpaired) electrons. The summed E-state index contributed by atoms with van der Waals surface area (Å²) in [6.45, 7) is 5.19. The second-order valence-electron chi connectivity index (χ2n) is 8.23. The number of aldehydes is 1. The minimum Gasteiger partial charge on any atom is -0.372 e. The van der Waals surface area contributed by atoms with Crippen molar-refractivity contribution in [2.45, 2.75) is 71.6 Å². The largest absolute Gasteiger partial charge is 0.372 e. The normalized spacial score (nSPS) is 11.8. The van der Waals surface area contributed by atoms with E-state index < -0.39 is 0 Å². The number of nitrogens with two attached hydrogens (primary N) is 1. The number of nitrogens with one attached hydrogen (secondary N) is 1. The monoisotopic (exact) mass is 522 g/mol. The van der Waals surface area contributed by atoms with Gasteiger partial charge in [0.25, 0.3) is 11.8 Å². The molecule has 0 aliphatic carbocycles. The number of ketones is 1. The van der Waals surface area contributed by atoms with Crippen molar-refractivity contribution in [1.29, 1.82) is 0 Å². The molecule has 0 fully saturated rings. The van der Waals surface area contributed by atoms with Gasteiger partial charge in [0.15, 0.2) is 0 Å². The molecule has 1 rings (SSSR count). The Balaban J connectivity index is 0. The Hall–Kier alpha value is -3.63. The molecule has 1 aliphatic rings. The number of rotatable bonds is 16. The summed E-state index contributed by atoms with van der Waals surface area (Å²) in [6, 6.07) is 0. The van der Waals surface area contributed by atoms with E-state index in [0.29, 0.717) is 38.8 Å². The maximum Gasteiger partial charge on any atom is 0.253 e. The number of allylic oxidation sites excluding steroid dienone is 1. The van der Waals surface area contributed by atoms with Gasteiger partial charge in [-0.15, -0.1) is 0 Å². The lowest BCUT2D eigenvalue weighted by Gasteiger charge is -2.14. The lowest BCUT2D eigenvalue weighted by Crippen LogP contribution is -2.30. The molecule has 0 aromatic heterocycles. The summed E-state index contributed by atoms with van der Waals surface area (Å²) in [7, 11) is 1.67. The van der Waals surface area contributed by atoms with Crippen molar-refractivity contribution in [3.8, 4) is 0 Å². The van der Waals surface area contributed by atoms with Crippen LogP contribution >= 0.6 is 0 Å². The highest BCUT2D eigenvalue weighted by molar-refractivity contribution is 6.12. The zero-order chi connectivity index (χ0) is 28.5. The third-order valence-corrected chi connectivity index (χ3v) is 5.03. The van der Waals surface area contributed by atoms with Gasteiger partial charge in [0.2, 0.25) is 18.2 Å². The predicted octanol–water partition coefficient (Wildman–Crippen LogP) is 1.45. The number of hydrogen-bond acceptors (Lipinski definition) is 7. The summed E-state index contributed by atoms with van der Waals surface area (Å²) in [5.74, 6) is -0.520. The minimum absolute atomic E-state index is 0.0467. The highest BCUT2D eigenvalue weighted by Crippen LogP contribution is 2.07. The van der Waals surface area contributed by atoms with Crippen molar-refractivity contribution >= 4 is 42.1 Å². The summed E-state index contributed by atoms with van der Waals surface area (Å²) >= 11 is 0. The first-order valence-electron chi connectivity index (χ1n) is 12.5. The summed E-state index contributed by atoms with van der Waals surface area (Å²) in [5.41, 5.74) is 4.17. The molecule has 37 heavy (non-hydrogen) atoms. The molecular formula is C26H42N4O7. The first kappa shape index (κ1) is 35.5. The molecule has 0 aromatic rings. The van der Waals surface area contributed by atoms with Gasteiger partial charge >= 0.3 is 0 Å². The van der Waals surface area contributed by atoms with E-state index in [-0.39, 0.29) is 35.8 Å². The highest BCUT2D eigenvalue weighted by atomic mass is 16.2. The number of imide groups is 1. The Morgan fingerprint density at radius 3 is 2.11 bits per heavy atom. The van der Waals surface area contributed by atoms with Crippen LogP contribution in [0.3, 0.4) is 0 Å². The molecule has 11 nitrogen and oxygen atoms in total. The number of likely N-dealkylation sites (N-methyl/N-ethyl adjacent to an activating group) is 1. The number of Topliss-reactive ketones (excluding diaryl/α,β-unsaturated/α-hetero) is 1. The van der Waals surface area contributed by atoms with Crippen molar-refractivity contribution in [3.63, 3.8) is 0 Å².